The van der Waals surface area contributed by atoms with E-state index in [1.54, 1.807) is 0 Å². The summed E-state index contributed by atoms with van der Waals surface area (Å²) >= 11 is 0. The Bertz CT molecular complexity index is 315. The number of aromatic nitrogens is 2. The molecule has 1 saturated carbocycles. The summed E-state index contributed by atoms with van der Waals surface area (Å²) < 4.78 is 1.89. The predicted molar refractivity (Wildman–Crippen MR) is 66.3 cm³/mol. The van der Waals surface area contributed by atoms with E-state index in [4.69, 9.17) is 0 Å². The van der Waals surface area contributed by atoms with E-state index in [0.29, 0.717) is 0 Å². The smallest absolute Gasteiger partial charge is 0.0521 e. The van der Waals surface area contributed by atoms with Crippen LogP contribution in [0.2, 0.25) is 0 Å². The number of hydrogen-bond donors (Lipinski definition) is 1. The number of nitrogens with one attached hydrogen (secondary N) is 1. The highest BCUT2D eigenvalue weighted by atomic mass is 15.2. The van der Waals surface area contributed by atoms with Crippen molar-refractivity contribution in [2.75, 3.05) is 6.54 Å². The van der Waals surface area contributed by atoms with Crippen LogP contribution in [-0.2, 0) is 13.5 Å². The zero-order valence-electron chi connectivity index (χ0n) is 10.4. The molecule has 0 amide bonds. The Morgan fingerprint density at radius 2 is 2.38 bits per heavy atom. The molecule has 0 aliphatic heterocycles. The lowest BCUT2D eigenvalue weighted by Gasteiger charge is -2.14. The average Bonchev–Trinajstić information content (AvgIpc) is 3.02. The minimum Gasteiger partial charge on any atom is -0.314 e. The largest absolute Gasteiger partial charge is 0.314 e. The average molecular weight is 221 g/mol. The van der Waals surface area contributed by atoms with Gasteiger partial charge in [-0.1, -0.05) is 13.3 Å². The topological polar surface area (TPSA) is 29.9 Å². The molecule has 0 bridgehead atoms. The maximum absolute atomic E-state index is 4.21. The fourth-order valence-electron chi connectivity index (χ4n) is 2.04. The van der Waals surface area contributed by atoms with Gasteiger partial charge in [0.2, 0.25) is 0 Å². The van der Waals surface area contributed by atoms with E-state index < -0.39 is 0 Å². The Morgan fingerprint density at radius 1 is 1.56 bits per heavy atom. The Hall–Kier alpha value is -0.830. The lowest BCUT2D eigenvalue weighted by atomic mass is 9.98. The molecule has 1 aliphatic carbocycles. The first-order chi connectivity index (χ1) is 7.78. The van der Waals surface area contributed by atoms with Crippen LogP contribution in [0.3, 0.4) is 0 Å². The molecule has 3 nitrogen and oxygen atoms in total. The van der Waals surface area contributed by atoms with Gasteiger partial charge in [0.1, 0.15) is 0 Å². The molecule has 1 aromatic heterocycles. The molecule has 0 aromatic carbocycles. The molecule has 0 spiro atoms. The second-order valence-electron chi connectivity index (χ2n) is 5.02. The van der Waals surface area contributed by atoms with E-state index in [2.05, 4.69) is 23.5 Å². The van der Waals surface area contributed by atoms with E-state index in [9.17, 15) is 0 Å². The third-order valence-electron chi connectivity index (χ3n) is 3.45. The molecular formula is C13H23N3. The first-order valence-electron chi connectivity index (χ1n) is 6.49. The molecule has 2 rings (SSSR count). The van der Waals surface area contributed by atoms with Crippen molar-refractivity contribution in [2.24, 2.45) is 13.0 Å². The van der Waals surface area contributed by atoms with Gasteiger partial charge in [0, 0.05) is 19.3 Å². The van der Waals surface area contributed by atoms with E-state index in [0.717, 1.165) is 12.0 Å². The first kappa shape index (κ1) is 11.6. The summed E-state index contributed by atoms with van der Waals surface area (Å²) in [6.07, 6.45) is 10.6. The maximum Gasteiger partial charge on any atom is 0.0521 e. The predicted octanol–water partition coefficient (Wildman–Crippen LogP) is 2.13. The lowest BCUT2D eigenvalue weighted by molar-refractivity contribution is 0.432. The van der Waals surface area contributed by atoms with Crippen LogP contribution in [0.15, 0.2) is 12.4 Å². The van der Waals surface area contributed by atoms with Crippen LogP contribution in [0.1, 0.15) is 38.2 Å². The van der Waals surface area contributed by atoms with E-state index in [-0.39, 0.29) is 0 Å². The van der Waals surface area contributed by atoms with E-state index >= 15 is 0 Å². The zero-order chi connectivity index (χ0) is 11.4. The molecule has 1 atom stereocenters. The monoisotopic (exact) mass is 221 g/mol. The van der Waals surface area contributed by atoms with Crippen molar-refractivity contribution in [1.82, 2.24) is 15.1 Å². The van der Waals surface area contributed by atoms with Crippen LogP contribution in [0.5, 0.6) is 0 Å². The molecule has 1 heterocycles. The fraction of sp³-hybridized carbons (Fsp3) is 0.769. The summed E-state index contributed by atoms with van der Waals surface area (Å²) in [6, 6.07) is 0.840. The summed E-state index contributed by atoms with van der Waals surface area (Å²) in [5.74, 6) is 0.820. The maximum atomic E-state index is 4.21. The van der Waals surface area contributed by atoms with Gasteiger partial charge in [0.15, 0.2) is 0 Å². The molecule has 1 aliphatic rings. The minimum atomic E-state index is 0.820. The Kier molecular flexibility index (Phi) is 3.99. The number of aryl methyl sites for hydroxylation is 2. The first-order valence-corrected chi connectivity index (χ1v) is 6.49. The third kappa shape index (κ3) is 3.63. The van der Waals surface area contributed by atoms with Gasteiger partial charge in [-0.15, -0.1) is 0 Å². The summed E-state index contributed by atoms with van der Waals surface area (Å²) in [4.78, 5) is 0. The summed E-state index contributed by atoms with van der Waals surface area (Å²) in [5, 5.41) is 7.83. The van der Waals surface area contributed by atoms with Gasteiger partial charge in [0.25, 0.3) is 0 Å². The van der Waals surface area contributed by atoms with Crippen LogP contribution in [0, 0.1) is 5.92 Å². The second kappa shape index (κ2) is 5.48. The number of hydrogen-bond acceptors (Lipinski definition) is 2. The van der Waals surface area contributed by atoms with Gasteiger partial charge < -0.3 is 5.32 Å². The van der Waals surface area contributed by atoms with Crippen molar-refractivity contribution in [2.45, 2.75) is 45.1 Å². The van der Waals surface area contributed by atoms with E-state index in [1.807, 2.05) is 17.9 Å². The van der Waals surface area contributed by atoms with Crippen molar-refractivity contribution >= 4 is 0 Å². The van der Waals surface area contributed by atoms with Gasteiger partial charge in [-0.2, -0.15) is 5.10 Å². The summed E-state index contributed by atoms with van der Waals surface area (Å²) in [6.45, 7) is 3.49. The molecule has 1 fully saturated rings. The molecule has 1 N–H and O–H groups in total. The summed E-state index contributed by atoms with van der Waals surface area (Å²) in [7, 11) is 1.98. The molecule has 1 aromatic rings. The van der Waals surface area contributed by atoms with Crippen molar-refractivity contribution in [3.63, 3.8) is 0 Å². The van der Waals surface area contributed by atoms with Gasteiger partial charge >= 0.3 is 0 Å². The van der Waals surface area contributed by atoms with Crippen molar-refractivity contribution in [3.8, 4) is 0 Å². The van der Waals surface area contributed by atoms with Gasteiger partial charge in [-0.05, 0) is 43.7 Å². The van der Waals surface area contributed by atoms with Gasteiger partial charge in [-0.3, -0.25) is 4.68 Å². The fourth-order valence-corrected chi connectivity index (χ4v) is 2.04. The Morgan fingerprint density at radius 3 is 2.94 bits per heavy atom. The number of rotatable bonds is 7. The highest BCUT2D eigenvalue weighted by Crippen LogP contribution is 2.20. The molecule has 0 radical (unpaired) electrons. The standard InChI is InChI=1S/C13H23N3/c1-3-11(8-14-13-6-7-13)4-5-12-9-15-16(2)10-12/h9-11,13-14H,3-8H2,1-2H3. The summed E-state index contributed by atoms with van der Waals surface area (Å²) in [5.41, 5.74) is 1.37. The van der Waals surface area contributed by atoms with Crippen LogP contribution in [-0.4, -0.2) is 22.4 Å². The van der Waals surface area contributed by atoms with Crippen LogP contribution in [0.4, 0.5) is 0 Å². The van der Waals surface area contributed by atoms with Crippen LogP contribution >= 0.6 is 0 Å². The van der Waals surface area contributed by atoms with Crippen molar-refractivity contribution in [3.05, 3.63) is 18.0 Å². The molecule has 1 unspecified atom stereocenters. The molecule has 3 heteroatoms. The number of nitrogens with zero attached hydrogens (tertiary/aromatic N) is 2. The minimum absolute atomic E-state index is 0.820. The molecule has 0 saturated heterocycles. The van der Waals surface area contributed by atoms with Crippen molar-refractivity contribution < 1.29 is 0 Å². The van der Waals surface area contributed by atoms with Crippen molar-refractivity contribution in [1.29, 1.82) is 0 Å². The normalized spacial score (nSPS) is 17.6. The highest BCUT2D eigenvalue weighted by molar-refractivity contribution is 5.03. The molecule has 90 valence electrons. The molecule has 16 heavy (non-hydrogen) atoms. The van der Waals surface area contributed by atoms with Crippen LogP contribution < -0.4 is 5.32 Å². The lowest BCUT2D eigenvalue weighted by Crippen LogP contribution is -2.24. The second-order valence-corrected chi connectivity index (χ2v) is 5.02. The Balaban J connectivity index is 1.68. The van der Waals surface area contributed by atoms with Crippen LogP contribution in [0.25, 0.3) is 0 Å². The SMILES string of the molecule is CCC(CCc1cnn(C)c1)CNC1CC1. The third-order valence-corrected chi connectivity index (χ3v) is 3.45. The van der Waals surface area contributed by atoms with Gasteiger partial charge in [-0.25, -0.2) is 0 Å². The van der Waals surface area contributed by atoms with E-state index in [1.165, 1.54) is 44.2 Å². The zero-order valence-corrected chi connectivity index (χ0v) is 10.4. The molecular weight excluding hydrogens is 198 g/mol. The quantitative estimate of drug-likeness (QED) is 0.764. The Labute approximate surface area is 98.2 Å². The van der Waals surface area contributed by atoms with Gasteiger partial charge in [0.05, 0.1) is 6.20 Å². The highest BCUT2D eigenvalue weighted by Gasteiger charge is 2.21.